The van der Waals surface area contributed by atoms with Crippen molar-refractivity contribution in [2.75, 3.05) is 16.8 Å². The van der Waals surface area contributed by atoms with E-state index < -0.39 is 21.6 Å². The number of carboxylic acid groups (broad SMARTS) is 1. The summed E-state index contributed by atoms with van der Waals surface area (Å²) < 4.78 is 36.0. The van der Waals surface area contributed by atoms with Gasteiger partial charge in [-0.15, -0.1) is 0 Å². The van der Waals surface area contributed by atoms with Gasteiger partial charge < -0.3 is 10.4 Å². The number of carboxylic acids is 1. The van der Waals surface area contributed by atoms with Gasteiger partial charge in [-0.1, -0.05) is 0 Å². The second-order valence-electron chi connectivity index (χ2n) is 4.57. The minimum atomic E-state index is -2.93. The van der Waals surface area contributed by atoms with Crippen molar-refractivity contribution in [2.24, 2.45) is 0 Å². The van der Waals surface area contributed by atoms with Crippen LogP contribution in [0.3, 0.4) is 0 Å². The smallest absolute Gasteiger partial charge is 0.338 e. The molecular weight excluding hydrogens is 273 g/mol. The first kappa shape index (κ1) is 13.8. The van der Waals surface area contributed by atoms with E-state index in [1.54, 1.807) is 0 Å². The lowest BCUT2D eigenvalue weighted by molar-refractivity contribution is 0.0692. The zero-order chi connectivity index (χ0) is 14.0. The second kappa shape index (κ2) is 5.16. The largest absolute Gasteiger partial charge is 0.478 e. The Morgan fingerprint density at radius 3 is 2.47 bits per heavy atom. The van der Waals surface area contributed by atoms with Crippen molar-refractivity contribution in [3.05, 3.63) is 29.6 Å². The Morgan fingerprint density at radius 2 is 1.95 bits per heavy atom. The van der Waals surface area contributed by atoms with Gasteiger partial charge in [0.25, 0.3) is 0 Å². The van der Waals surface area contributed by atoms with Gasteiger partial charge in [0, 0.05) is 11.7 Å². The van der Waals surface area contributed by atoms with E-state index >= 15 is 0 Å². The summed E-state index contributed by atoms with van der Waals surface area (Å²) in [5.74, 6) is -1.87. The van der Waals surface area contributed by atoms with E-state index in [1.165, 1.54) is 12.1 Å². The van der Waals surface area contributed by atoms with E-state index in [-0.39, 0.29) is 23.1 Å². The summed E-state index contributed by atoms with van der Waals surface area (Å²) in [6, 6.07) is 3.76. The second-order valence-corrected chi connectivity index (χ2v) is 6.87. The molecule has 0 aromatic heterocycles. The van der Waals surface area contributed by atoms with E-state index in [2.05, 4.69) is 5.32 Å². The lowest BCUT2D eigenvalue weighted by Crippen LogP contribution is -2.32. The zero-order valence-corrected chi connectivity index (χ0v) is 10.9. The number of aromatic carboxylic acids is 1. The molecule has 1 heterocycles. The SMILES string of the molecule is O=C(O)c1ccc(NC2CCS(=O)(=O)CC2)cc1F. The van der Waals surface area contributed by atoms with Crippen LogP contribution in [0.5, 0.6) is 0 Å². The van der Waals surface area contributed by atoms with Crippen LogP contribution < -0.4 is 5.32 Å². The van der Waals surface area contributed by atoms with Crippen LogP contribution in [0.15, 0.2) is 18.2 Å². The van der Waals surface area contributed by atoms with Crippen LogP contribution in [0.25, 0.3) is 0 Å². The molecule has 1 aromatic rings. The van der Waals surface area contributed by atoms with Crippen LogP contribution in [0.4, 0.5) is 10.1 Å². The van der Waals surface area contributed by atoms with Crippen molar-refractivity contribution in [3.63, 3.8) is 0 Å². The Labute approximate surface area is 110 Å². The Hall–Kier alpha value is -1.63. The van der Waals surface area contributed by atoms with Gasteiger partial charge in [-0.05, 0) is 31.0 Å². The summed E-state index contributed by atoms with van der Waals surface area (Å²) in [6.07, 6.45) is 0.954. The van der Waals surface area contributed by atoms with E-state index in [0.29, 0.717) is 18.5 Å². The van der Waals surface area contributed by atoms with Crippen molar-refractivity contribution >= 4 is 21.5 Å². The summed E-state index contributed by atoms with van der Waals surface area (Å²) in [7, 11) is -2.93. The highest BCUT2D eigenvalue weighted by molar-refractivity contribution is 7.91. The third-order valence-electron chi connectivity index (χ3n) is 3.12. The number of benzene rings is 1. The Balaban J connectivity index is 2.04. The zero-order valence-electron chi connectivity index (χ0n) is 10.1. The van der Waals surface area contributed by atoms with E-state index in [1.807, 2.05) is 0 Å². The topological polar surface area (TPSA) is 83.5 Å². The summed E-state index contributed by atoms with van der Waals surface area (Å²) in [5.41, 5.74) is 0.0866. The molecule has 5 nitrogen and oxygen atoms in total. The molecule has 0 amide bonds. The highest BCUT2D eigenvalue weighted by Crippen LogP contribution is 2.20. The summed E-state index contributed by atoms with van der Waals surface area (Å²) in [6.45, 7) is 0. The van der Waals surface area contributed by atoms with Gasteiger partial charge in [-0.3, -0.25) is 0 Å². The van der Waals surface area contributed by atoms with Gasteiger partial charge in [0.15, 0.2) is 0 Å². The fourth-order valence-electron chi connectivity index (χ4n) is 2.05. The van der Waals surface area contributed by atoms with Gasteiger partial charge >= 0.3 is 5.97 Å². The maximum Gasteiger partial charge on any atom is 0.338 e. The molecule has 19 heavy (non-hydrogen) atoms. The summed E-state index contributed by atoms with van der Waals surface area (Å²) in [4.78, 5) is 10.7. The quantitative estimate of drug-likeness (QED) is 0.880. The van der Waals surface area contributed by atoms with Crippen molar-refractivity contribution in [3.8, 4) is 0 Å². The molecule has 0 bridgehead atoms. The third kappa shape index (κ3) is 3.44. The predicted molar refractivity (Wildman–Crippen MR) is 68.7 cm³/mol. The molecule has 1 saturated heterocycles. The van der Waals surface area contributed by atoms with E-state index in [9.17, 15) is 17.6 Å². The van der Waals surface area contributed by atoms with Gasteiger partial charge in [-0.2, -0.15) is 0 Å². The first-order valence-corrected chi connectivity index (χ1v) is 7.69. The number of nitrogens with one attached hydrogen (secondary N) is 1. The molecule has 104 valence electrons. The standard InChI is InChI=1S/C12H14FNO4S/c13-11-7-9(1-2-10(11)12(15)16)14-8-3-5-19(17,18)6-4-8/h1-2,7-8,14H,3-6H2,(H,15,16). The number of rotatable bonds is 3. The summed E-state index contributed by atoms with van der Waals surface area (Å²) in [5, 5.41) is 11.7. The molecule has 7 heteroatoms. The summed E-state index contributed by atoms with van der Waals surface area (Å²) >= 11 is 0. The van der Waals surface area contributed by atoms with Crippen LogP contribution in [0, 0.1) is 5.82 Å². The lowest BCUT2D eigenvalue weighted by Gasteiger charge is -2.24. The monoisotopic (exact) mass is 287 g/mol. The van der Waals surface area contributed by atoms with E-state index in [4.69, 9.17) is 5.11 Å². The average molecular weight is 287 g/mol. The minimum Gasteiger partial charge on any atom is -0.478 e. The first-order valence-electron chi connectivity index (χ1n) is 5.87. The Morgan fingerprint density at radius 1 is 1.32 bits per heavy atom. The fraction of sp³-hybridized carbons (Fsp3) is 0.417. The van der Waals surface area contributed by atoms with Gasteiger partial charge in [0.2, 0.25) is 0 Å². The minimum absolute atomic E-state index is 0.0291. The van der Waals surface area contributed by atoms with E-state index in [0.717, 1.165) is 6.07 Å². The molecular formula is C12H14FNO4S. The Bertz CT molecular complexity index is 586. The third-order valence-corrected chi connectivity index (χ3v) is 4.84. The van der Waals surface area contributed by atoms with Crippen LogP contribution in [0.1, 0.15) is 23.2 Å². The van der Waals surface area contributed by atoms with Crippen molar-refractivity contribution in [1.29, 1.82) is 0 Å². The molecule has 1 aliphatic rings. The molecule has 0 atom stereocenters. The number of halogens is 1. The molecule has 1 aliphatic heterocycles. The van der Waals surface area contributed by atoms with Crippen molar-refractivity contribution in [1.82, 2.24) is 0 Å². The van der Waals surface area contributed by atoms with Crippen LogP contribution >= 0.6 is 0 Å². The maximum absolute atomic E-state index is 13.5. The number of anilines is 1. The molecule has 0 unspecified atom stereocenters. The van der Waals surface area contributed by atoms with Crippen LogP contribution in [0.2, 0.25) is 0 Å². The lowest BCUT2D eigenvalue weighted by atomic mass is 10.1. The molecule has 0 aliphatic carbocycles. The first-order chi connectivity index (χ1) is 8.87. The highest BCUT2D eigenvalue weighted by Gasteiger charge is 2.23. The highest BCUT2D eigenvalue weighted by atomic mass is 32.2. The Kier molecular flexibility index (Phi) is 3.75. The van der Waals surface area contributed by atoms with Crippen LogP contribution in [-0.2, 0) is 9.84 Å². The molecule has 2 rings (SSSR count). The number of carbonyl (C=O) groups is 1. The number of hydrogen-bond donors (Lipinski definition) is 2. The van der Waals surface area contributed by atoms with Crippen molar-refractivity contribution in [2.45, 2.75) is 18.9 Å². The fourth-order valence-corrected chi connectivity index (χ4v) is 3.54. The van der Waals surface area contributed by atoms with Crippen molar-refractivity contribution < 1.29 is 22.7 Å². The molecule has 2 N–H and O–H groups in total. The number of hydrogen-bond acceptors (Lipinski definition) is 4. The molecule has 1 fully saturated rings. The molecule has 0 saturated carbocycles. The van der Waals surface area contributed by atoms with Crippen LogP contribution in [-0.4, -0.2) is 37.0 Å². The van der Waals surface area contributed by atoms with Gasteiger partial charge in [-0.25, -0.2) is 17.6 Å². The molecule has 1 aromatic carbocycles. The average Bonchev–Trinajstić information content (AvgIpc) is 2.31. The van der Waals surface area contributed by atoms with Gasteiger partial charge in [0.05, 0.1) is 17.1 Å². The normalized spacial score (nSPS) is 19.0. The van der Waals surface area contributed by atoms with Gasteiger partial charge in [0.1, 0.15) is 15.7 Å². The molecule has 0 spiro atoms. The predicted octanol–water partition coefficient (Wildman–Crippen LogP) is 1.51. The number of sulfone groups is 1. The maximum atomic E-state index is 13.5. The molecule has 0 radical (unpaired) electrons.